The first-order chi connectivity index (χ1) is 10.6. The van der Waals surface area contributed by atoms with E-state index in [2.05, 4.69) is 5.32 Å². The fraction of sp³-hybridized carbons (Fsp3) is 0.533. The van der Waals surface area contributed by atoms with Gasteiger partial charge >= 0.3 is 6.18 Å². The normalized spacial score (nSPS) is 18.7. The molecule has 1 fully saturated rings. The molecule has 4 nitrogen and oxygen atoms in total. The van der Waals surface area contributed by atoms with Crippen molar-refractivity contribution in [1.29, 1.82) is 0 Å². The summed E-state index contributed by atoms with van der Waals surface area (Å²) in [6, 6.07) is 3.40. The molecular formula is C15H18ClF3N2O2. The van der Waals surface area contributed by atoms with E-state index in [4.69, 9.17) is 16.3 Å². The standard InChI is InChI=1S/C15H18ClF3N2O2/c1-14(2)9-23-7-6-21(14)8-12(22)20-13-10(15(17,18)19)4-3-5-11(13)16/h3-5H,6-9H2,1-2H3,(H,20,22). The number of hydrogen-bond donors (Lipinski definition) is 1. The Morgan fingerprint density at radius 2 is 2.13 bits per heavy atom. The van der Waals surface area contributed by atoms with Gasteiger partial charge in [-0.2, -0.15) is 13.2 Å². The third-order valence-electron chi connectivity index (χ3n) is 3.73. The summed E-state index contributed by atoms with van der Waals surface area (Å²) in [6.45, 7) is 5.27. The topological polar surface area (TPSA) is 41.6 Å². The molecule has 1 heterocycles. The van der Waals surface area contributed by atoms with Crippen molar-refractivity contribution in [3.8, 4) is 0 Å². The highest BCUT2D eigenvalue weighted by Crippen LogP contribution is 2.38. The second-order valence-electron chi connectivity index (χ2n) is 5.99. The highest BCUT2D eigenvalue weighted by molar-refractivity contribution is 6.34. The number of nitrogens with zero attached hydrogens (tertiary/aromatic N) is 1. The maximum absolute atomic E-state index is 13.0. The summed E-state index contributed by atoms with van der Waals surface area (Å²) in [5.74, 6) is -0.543. The van der Waals surface area contributed by atoms with Crippen LogP contribution in [0.25, 0.3) is 0 Å². The number of alkyl halides is 3. The monoisotopic (exact) mass is 350 g/mol. The summed E-state index contributed by atoms with van der Waals surface area (Å²) in [4.78, 5) is 14.1. The summed E-state index contributed by atoms with van der Waals surface area (Å²) in [5, 5.41) is 2.15. The van der Waals surface area contributed by atoms with E-state index in [9.17, 15) is 18.0 Å². The number of halogens is 4. The van der Waals surface area contributed by atoms with Crippen LogP contribution in [0.4, 0.5) is 18.9 Å². The van der Waals surface area contributed by atoms with E-state index in [1.807, 2.05) is 18.7 Å². The Hall–Kier alpha value is -1.31. The molecule has 1 N–H and O–H groups in total. The first kappa shape index (κ1) is 18.0. The minimum absolute atomic E-state index is 0.0289. The average molecular weight is 351 g/mol. The van der Waals surface area contributed by atoms with E-state index >= 15 is 0 Å². The van der Waals surface area contributed by atoms with Crippen LogP contribution in [0.15, 0.2) is 18.2 Å². The maximum Gasteiger partial charge on any atom is 0.418 e. The number of carbonyl (C=O) groups is 1. The van der Waals surface area contributed by atoms with Gasteiger partial charge in [-0.3, -0.25) is 9.69 Å². The van der Waals surface area contributed by atoms with Crippen LogP contribution in [0.5, 0.6) is 0 Å². The molecule has 8 heteroatoms. The van der Waals surface area contributed by atoms with Gasteiger partial charge in [0.05, 0.1) is 36.0 Å². The molecular weight excluding hydrogens is 333 g/mol. The SMILES string of the molecule is CC1(C)COCCN1CC(=O)Nc1c(Cl)cccc1C(F)(F)F. The zero-order valence-electron chi connectivity index (χ0n) is 12.8. The number of para-hydroxylation sites is 1. The largest absolute Gasteiger partial charge is 0.418 e. The van der Waals surface area contributed by atoms with Crippen LogP contribution in [-0.4, -0.2) is 42.6 Å². The van der Waals surface area contributed by atoms with Gasteiger partial charge in [0, 0.05) is 12.1 Å². The number of anilines is 1. The number of rotatable bonds is 3. The molecule has 1 aliphatic rings. The Bertz CT molecular complexity index is 591. The Morgan fingerprint density at radius 1 is 1.43 bits per heavy atom. The molecule has 1 aromatic rings. The molecule has 128 valence electrons. The Morgan fingerprint density at radius 3 is 2.74 bits per heavy atom. The first-order valence-electron chi connectivity index (χ1n) is 7.09. The lowest BCUT2D eigenvalue weighted by Crippen LogP contribution is -2.55. The van der Waals surface area contributed by atoms with E-state index in [1.54, 1.807) is 0 Å². The van der Waals surface area contributed by atoms with Gasteiger partial charge in [0.15, 0.2) is 0 Å². The van der Waals surface area contributed by atoms with Gasteiger partial charge in [-0.15, -0.1) is 0 Å². The number of carbonyl (C=O) groups excluding carboxylic acids is 1. The van der Waals surface area contributed by atoms with Crippen molar-refractivity contribution in [2.24, 2.45) is 0 Å². The molecule has 0 unspecified atom stereocenters. The van der Waals surface area contributed by atoms with Gasteiger partial charge in [0.2, 0.25) is 5.91 Å². The fourth-order valence-corrected chi connectivity index (χ4v) is 2.65. The number of benzene rings is 1. The fourth-order valence-electron chi connectivity index (χ4n) is 2.42. The molecule has 1 aliphatic heterocycles. The molecule has 0 aromatic heterocycles. The molecule has 0 aliphatic carbocycles. The summed E-state index contributed by atoms with van der Waals surface area (Å²) in [7, 11) is 0. The van der Waals surface area contributed by atoms with Crippen LogP contribution in [0.1, 0.15) is 19.4 Å². The highest BCUT2D eigenvalue weighted by Gasteiger charge is 2.36. The van der Waals surface area contributed by atoms with E-state index < -0.39 is 23.3 Å². The van der Waals surface area contributed by atoms with Crippen LogP contribution in [0.2, 0.25) is 5.02 Å². The van der Waals surface area contributed by atoms with Crippen molar-refractivity contribution in [3.05, 3.63) is 28.8 Å². The predicted octanol–water partition coefficient (Wildman–Crippen LogP) is 3.41. The second-order valence-corrected chi connectivity index (χ2v) is 6.40. The lowest BCUT2D eigenvalue weighted by molar-refractivity contribution is -0.137. The molecule has 0 spiro atoms. The van der Waals surface area contributed by atoms with Gasteiger partial charge in [-0.1, -0.05) is 17.7 Å². The number of morpholine rings is 1. The number of nitrogens with one attached hydrogen (secondary N) is 1. The Labute approximate surface area is 137 Å². The van der Waals surface area contributed by atoms with Crippen molar-refractivity contribution in [2.75, 3.05) is 31.6 Å². The van der Waals surface area contributed by atoms with Crippen molar-refractivity contribution in [1.82, 2.24) is 4.90 Å². The van der Waals surface area contributed by atoms with Crippen molar-refractivity contribution >= 4 is 23.2 Å². The van der Waals surface area contributed by atoms with Crippen LogP contribution >= 0.6 is 11.6 Å². The first-order valence-corrected chi connectivity index (χ1v) is 7.47. The van der Waals surface area contributed by atoms with Crippen LogP contribution in [-0.2, 0) is 15.7 Å². The zero-order chi connectivity index (χ0) is 17.3. The smallest absolute Gasteiger partial charge is 0.378 e. The Balaban J connectivity index is 2.15. The van der Waals surface area contributed by atoms with Gasteiger partial charge in [0.25, 0.3) is 0 Å². The molecule has 0 saturated carbocycles. The second kappa shape index (κ2) is 6.67. The summed E-state index contributed by atoms with van der Waals surface area (Å²) in [6.07, 6.45) is -4.59. The lowest BCUT2D eigenvalue weighted by atomic mass is 10.0. The number of amides is 1. The van der Waals surface area contributed by atoms with E-state index in [-0.39, 0.29) is 17.1 Å². The van der Waals surface area contributed by atoms with Crippen LogP contribution < -0.4 is 5.32 Å². The third kappa shape index (κ3) is 4.37. The summed E-state index contributed by atoms with van der Waals surface area (Å²) < 4.78 is 44.4. The molecule has 0 atom stereocenters. The minimum atomic E-state index is -4.59. The van der Waals surface area contributed by atoms with E-state index in [0.29, 0.717) is 19.8 Å². The van der Waals surface area contributed by atoms with Gasteiger partial charge in [0.1, 0.15) is 0 Å². The molecule has 1 saturated heterocycles. The van der Waals surface area contributed by atoms with Crippen LogP contribution in [0, 0.1) is 0 Å². The molecule has 0 radical (unpaired) electrons. The number of ether oxygens (including phenoxy) is 1. The van der Waals surface area contributed by atoms with E-state index in [1.165, 1.54) is 12.1 Å². The number of hydrogen-bond acceptors (Lipinski definition) is 3. The molecule has 23 heavy (non-hydrogen) atoms. The van der Waals surface area contributed by atoms with Crippen molar-refractivity contribution in [3.63, 3.8) is 0 Å². The third-order valence-corrected chi connectivity index (χ3v) is 4.05. The maximum atomic E-state index is 13.0. The quantitative estimate of drug-likeness (QED) is 0.908. The molecule has 1 amide bonds. The van der Waals surface area contributed by atoms with Gasteiger partial charge in [-0.05, 0) is 26.0 Å². The zero-order valence-corrected chi connectivity index (χ0v) is 13.6. The Kier molecular flexibility index (Phi) is 5.23. The summed E-state index contributed by atoms with van der Waals surface area (Å²) in [5.41, 5.74) is -1.72. The summed E-state index contributed by atoms with van der Waals surface area (Å²) >= 11 is 5.83. The van der Waals surface area contributed by atoms with E-state index in [0.717, 1.165) is 6.07 Å². The lowest BCUT2D eigenvalue weighted by Gasteiger charge is -2.41. The molecule has 2 rings (SSSR count). The van der Waals surface area contributed by atoms with Crippen molar-refractivity contribution in [2.45, 2.75) is 25.6 Å². The van der Waals surface area contributed by atoms with Gasteiger partial charge < -0.3 is 10.1 Å². The molecule has 1 aromatic carbocycles. The van der Waals surface area contributed by atoms with Gasteiger partial charge in [-0.25, -0.2) is 0 Å². The predicted molar refractivity (Wildman–Crippen MR) is 81.6 cm³/mol. The minimum Gasteiger partial charge on any atom is -0.378 e. The molecule has 0 bridgehead atoms. The van der Waals surface area contributed by atoms with Crippen molar-refractivity contribution < 1.29 is 22.7 Å². The van der Waals surface area contributed by atoms with Crippen LogP contribution in [0.3, 0.4) is 0 Å². The highest BCUT2D eigenvalue weighted by atomic mass is 35.5. The average Bonchev–Trinajstić information content (AvgIpc) is 2.42.